The van der Waals surface area contributed by atoms with Gasteiger partial charge in [0.1, 0.15) is 0 Å². The molecule has 98 valence electrons. The lowest BCUT2D eigenvalue weighted by atomic mass is 10.2. The van der Waals surface area contributed by atoms with Crippen molar-refractivity contribution in [3.8, 4) is 11.6 Å². The predicted molar refractivity (Wildman–Crippen MR) is 67.8 cm³/mol. The van der Waals surface area contributed by atoms with Crippen molar-refractivity contribution < 1.29 is 4.42 Å². The minimum absolute atomic E-state index is 0.537. The van der Waals surface area contributed by atoms with E-state index in [0.29, 0.717) is 17.5 Å². The van der Waals surface area contributed by atoms with E-state index >= 15 is 0 Å². The van der Waals surface area contributed by atoms with Gasteiger partial charge in [0.25, 0.3) is 0 Å². The zero-order valence-corrected chi connectivity index (χ0v) is 10.8. The molecule has 1 N–H and O–H groups in total. The summed E-state index contributed by atoms with van der Waals surface area (Å²) < 4.78 is 5.21. The fourth-order valence-corrected chi connectivity index (χ4v) is 1.58. The van der Waals surface area contributed by atoms with Gasteiger partial charge in [-0.15, -0.1) is 10.2 Å². The summed E-state index contributed by atoms with van der Waals surface area (Å²) in [5.41, 5.74) is 0. The lowest BCUT2D eigenvalue weighted by molar-refractivity contribution is 0.469. The molecule has 0 aromatic carbocycles. The van der Waals surface area contributed by atoms with Crippen LogP contribution >= 0.6 is 0 Å². The molecule has 0 atom stereocenters. The van der Waals surface area contributed by atoms with Crippen molar-refractivity contribution in [2.75, 3.05) is 13.1 Å². The summed E-state index contributed by atoms with van der Waals surface area (Å²) in [6.45, 7) is 7.17. The highest BCUT2D eigenvalue weighted by molar-refractivity contribution is 5.43. The zero-order valence-electron chi connectivity index (χ0n) is 10.8. The normalized spacial score (nSPS) is 11.3. The lowest BCUT2D eigenvalue weighted by Crippen LogP contribution is -2.22. The van der Waals surface area contributed by atoms with Crippen LogP contribution < -0.4 is 5.32 Å². The third kappa shape index (κ3) is 3.66. The Kier molecular flexibility index (Phi) is 4.46. The molecule has 0 aliphatic heterocycles. The molecule has 0 spiro atoms. The number of furan rings is 1. The van der Waals surface area contributed by atoms with E-state index in [9.17, 15) is 0 Å². The highest BCUT2D eigenvalue weighted by Gasteiger charge is 2.07. The molecule has 2 rings (SSSR count). The van der Waals surface area contributed by atoms with Gasteiger partial charge in [0.05, 0.1) is 12.8 Å². The molecule has 0 radical (unpaired) electrons. The summed E-state index contributed by atoms with van der Waals surface area (Å²) in [5, 5.41) is 15.6. The van der Waals surface area contributed by atoms with Crippen molar-refractivity contribution in [1.29, 1.82) is 0 Å². The summed E-state index contributed by atoms with van der Waals surface area (Å²) >= 11 is 0. The number of aryl methyl sites for hydroxylation is 1. The van der Waals surface area contributed by atoms with E-state index in [1.165, 1.54) is 0 Å². The average Bonchev–Trinajstić information content (AvgIpc) is 2.98. The Labute approximate surface area is 106 Å². The van der Waals surface area contributed by atoms with Crippen LogP contribution in [0.1, 0.15) is 20.3 Å². The van der Waals surface area contributed by atoms with Crippen molar-refractivity contribution >= 4 is 0 Å². The molecule has 6 heteroatoms. The van der Waals surface area contributed by atoms with E-state index in [1.807, 2.05) is 12.1 Å². The second-order valence-corrected chi connectivity index (χ2v) is 4.64. The summed E-state index contributed by atoms with van der Waals surface area (Å²) in [6, 6.07) is 3.64. The summed E-state index contributed by atoms with van der Waals surface area (Å²) in [5.74, 6) is 1.87. The molecule has 0 unspecified atom stereocenters. The van der Waals surface area contributed by atoms with E-state index < -0.39 is 0 Å². The number of tetrazole rings is 1. The maximum atomic E-state index is 5.21. The molecule has 2 aromatic rings. The fraction of sp³-hybridized carbons (Fsp3) is 0.583. The van der Waals surface area contributed by atoms with Crippen LogP contribution in [0.4, 0.5) is 0 Å². The van der Waals surface area contributed by atoms with Crippen LogP contribution in [0.3, 0.4) is 0 Å². The lowest BCUT2D eigenvalue weighted by Gasteiger charge is -2.06. The third-order valence-corrected chi connectivity index (χ3v) is 2.46. The van der Waals surface area contributed by atoms with Crippen molar-refractivity contribution in [1.82, 2.24) is 25.5 Å². The van der Waals surface area contributed by atoms with Crippen LogP contribution in [0.2, 0.25) is 0 Å². The maximum Gasteiger partial charge on any atom is 0.240 e. The molecule has 0 fully saturated rings. The molecular formula is C12H19N5O. The Morgan fingerprint density at radius 2 is 2.33 bits per heavy atom. The molecule has 2 aromatic heterocycles. The first-order valence-electron chi connectivity index (χ1n) is 6.28. The predicted octanol–water partition coefficient (Wildman–Crippen LogP) is 1.57. The fourth-order valence-electron chi connectivity index (χ4n) is 1.58. The molecule has 6 nitrogen and oxygen atoms in total. The van der Waals surface area contributed by atoms with E-state index in [-0.39, 0.29) is 0 Å². The Morgan fingerprint density at radius 3 is 3.06 bits per heavy atom. The second kappa shape index (κ2) is 6.30. The van der Waals surface area contributed by atoms with Gasteiger partial charge >= 0.3 is 0 Å². The number of nitrogens with one attached hydrogen (secondary N) is 1. The van der Waals surface area contributed by atoms with Crippen molar-refractivity contribution in [2.45, 2.75) is 26.8 Å². The molecular weight excluding hydrogens is 230 g/mol. The highest BCUT2D eigenvalue weighted by atomic mass is 16.3. The van der Waals surface area contributed by atoms with Gasteiger partial charge in [0.15, 0.2) is 5.76 Å². The van der Waals surface area contributed by atoms with E-state index in [4.69, 9.17) is 4.42 Å². The Bertz CT molecular complexity index is 449. The molecule has 18 heavy (non-hydrogen) atoms. The standard InChI is InChI=1S/C12H19N5O/c1-10(2)9-13-6-4-7-17-15-12(14-16-17)11-5-3-8-18-11/h3,5,8,10,13H,4,6-7,9H2,1-2H3. The number of nitrogens with zero attached hydrogens (tertiary/aromatic N) is 4. The topological polar surface area (TPSA) is 68.8 Å². The molecule has 0 saturated heterocycles. The van der Waals surface area contributed by atoms with Crippen molar-refractivity contribution in [3.05, 3.63) is 18.4 Å². The monoisotopic (exact) mass is 249 g/mol. The largest absolute Gasteiger partial charge is 0.461 e. The van der Waals surface area contributed by atoms with Crippen LogP contribution in [-0.2, 0) is 6.54 Å². The maximum absolute atomic E-state index is 5.21. The van der Waals surface area contributed by atoms with Crippen LogP contribution in [-0.4, -0.2) is 33.3 Å². The first-order chi connectivity index (χ1) is 8.75. The van der Waals surface area contributed by atoms with E-state index in [1.54, 1.807) is 11.1 Å². The minimum Gasteiger partial charge on any atom is -0.461 e. The molecule has 0 aliphatic rings. The molecule has 0 bridgehead atoms. The summed E-state index contributed by atoms with van der Waals surface area (Å²) in [4.78, 5) is 1.61. The van der Waals surface area contributed by atoms with E-state index in [2.05, 4.69) is 34.6 Å². The number of aromatic nitrogens is 4. The Balaban J connectivity index is 1.74. The first kappa shape index (κ1) is 12.8. The molecule has 0 amide bonds. The molecule has 2 heterocycles. The van der Waals surface area contributed by atoms with E-state index in [0.717, 1.165) is 26.1 Å². The van der Waals surface area contributed by atoms with Crippen LogP contribution in [0.5, 0.6) is 0 Å². The Hall–Kier alpha value is -1.69. The van der Waals surface area contributed by atoms with Gasteiger partial charge in [0, 0.05) is 0 Å². The van der Waals surface area contributed by atoms with Gasteiger partial charge in [-0.05, 0) is 42.8 Å². The molecule has 0 aliphatic carbocycles. The Morgan fingerprint density at radius 1 is 1.44 bits per heavy atom. The zero-order chi connectivity index (χ0) is 12.8. The second-order valence-electron chi connectivity index (χ2n) is 4.64. The van der Waals surface area contributed by atoms with Crippen LogP contribution in [0.15, 0.2) is 22.8 Å². The van der Waals surface area contributed by atoms with Gasteiger partial charge in [-0.2, -0.15) is 4.80 Å². The molecule has 0 saturated carbocycles. The number of hydrogen-bond acceptors (Lipinski definition) is 5. The SMILES string of the molecule is CC(C)CNCCCn1nnc(-c2ccco2)n1. The minimum atomic E-state index is 0.537. The number of hydrogen-bond donors (Lipinski definition) is 1. The van der Waals surface area contributed by atoms with Crippen LogP contribution in [0.25, 0.3) is 11.6 Å². The van der Waals surface area contributed by atoms with Gasteiger partial charge < -0.3 is 9.73 Å². The smallest absolute Gasteiger partial charge is 0.240 e. The summed E-state index contributed by atoms with van der Waals surface area (Å²) in [6.07, 6.45) is 2.59. The van der Waals surface area contributed by atoms with Gasteiger partial charge in [-0.25, -0.2) is 0 Å². The quantitative estimate of drug-likeness (QED) is 0.754. The van der Waals surface area contributed by atoms with Gasteiger partial charge in [-0.1, -0.05) is 13.8 Å². The van der Waals surface area contributed by atoms with Crippen molar-refractivity contribution in [3.63, 3.8) is 0 Å². The van der Waals surface area contributed by atoms with Gasteiger partial charge in [0.2, 0.25) is 5.82 Å². The highest BCUT2D eigenvalue weighted by Crippen LogP contribution is 2.12. The third-order valence-electron chi connectivity index (χ3n) is 2.46. The van der Waals surface area contributed by atoms with Gasteiger partial charge in [-0.3, -0.25) is 0 Å². The summed E-state index contributed by atoms with van der Waals surface area (Å²) in [7, 11) is 0. The van der Waals surface area contributed by atoms with Crippen molar-refractivity contribution in [2.24, 2.45) is 5.92 Å². The first-order valence-corrected chi connectivity index (χ1v) is 6.28. The van der Waals surface area contributed by atoms with Crippen LogP contribution in [0, 0.1) is 5.92 Å². The average molecular weight is 249 g/mol. The number of rotatable bonds is 7.